The van der Waals surface area contributed by atoms with Crippen LogP contribution in [0.3, 0.4) is 0 Å². The van der Waals surface area contributed by atoms with Gasteiger partial charge in [-0.15, -0.1) is 6.58 Å². The molecule has 0 saturated carbocycles. The smallest absolute Gasteiger partial charge is 0.197 e. The van der Waals surface area contributed by atoms with Gasteiger partial charge in [0.1, 0.15) is 0 Å². The number of hydrogen-bond donors (Lipinski definition) is 1. The Morgan fingerprint density at radius 3 is 2.88 bits per heavy atom. The van der Waals surface area contributed by atoms with E-state index in [0.29, 0.717) is 31.3 Å². The maximum absolute atomic E-state index is 11.8. The van der Waals surface area contributed by atoms with Gasteiger partial charge in [-0.05, 0) is 25.2 Å². The fraction of sp³-hybridized carbons (Fsp3) is 0.538. The third kappa shape index (κ3) is 3.05. The molecule has 3 nitrogen and oxygen atoms in total. The predicted molar refractivity (Wildman–Crippen MR) is 62.1 cm³/mol. The van der Waals surface area contributed by atoms with Crippen LogP contribution in [0.4, 0.5) is 0 Å². The second-order valence-corrected chi connectivity index (χ2v) is 4.36. The summed E-state index contributed by atoms with van der Waals surface area (Å²) in [7, 11) is 0. The van der Waals surface area contributed by atoms with Crippen molar-refractivity contribution < 1.29 is 14.7 Å². The molecule has 1 aliphatic rings. The molecule has 1 N–H and O–H groups in total. The zero-order valence-corrected chi connectivity index (χ0v) is 9.66. The van der Waals surface area contributed by atoms with Crippen LogP contribution in [0.5, 0.6) is 0 Å². The van der Waals surface area contributed by atoms with E-state index in [2.05, 4.69) is 6.58 Å². The van der Waals surface area contributed by atoms with E-state index in [9.17, 15) is 14.7 Å². The van der Waals surface area contributed by atoms with Crippen LogP contribution >= 0.6 is 0 Å². The minimum absolute atomic E-state index is 0.0973. The van der Waals surface area contributed by atoms with Gasteiger partial charge < -0.3 is 5.11 Å². The largest absolute Gasteiger partial charge is 0.504 e. The van der Waals surface area contributed by atoms with Crippen molar-refractivity contribution in [1.82, 2.24) is 0 Å². The molecule has 16 heavy (non-hydrogen) atoms. The highest BCUT2D eigenvalue weighted by Crippen LogP contribution is 2.24. The number of allylic oxidation sites excluding steroid dienone is 3. The van der Waals surface area contributed by atoms with E-state index in [4.69, 9.17) is 0 Å². The average Bonchev–Trinajstić information content (AvgIpc) is 2.22. The van der Waals surface area contributed by atoms with Gasteiger partial charge in [-0.3, -0.25) is 9.59 Å². The minimum Gasteiger partial charge on any atom is -0.504 e. The molecule has 88 valence electrons. The topological polar surface area (TPSA) is 54.4 Å². The number of ketones is 2. The van der Waals surface area contributed by atoms with Crippen molar-refractivity contribution in [3.05, 3.63) is 24.0 Å². The summed E-state index contributed by atoms with van der Waals surface area (Å²) in [5.74, 6) is -0.491. The molecule has 0 aromatic heterocycles. The summed E-state index contributed by atoms with van der Waals surface area (Å²) in [6, 6.07) is 0. The molecule has 1 aliphatic carbocycles. The molecule has 0 heterocycles. The van der Waals surface area contributed by atoms with Crippen LogP contribution in [0, 0.1) is 5.92 Å². The summed E-state index contributed by atoms with van der Waals surface area (Å²) in [6.07, 6.45) is 4.46. The van der Waals surface area contributed by atoms with Crippen molar-refractivity contribution in [3.8, 4) is 0 Å². The van der Waals surface area contributed by atoms with E-state index < -0.39 is 0 Å². The van der Waals surface area contributed by atoms with E-state index in [0.717, 1.165) is 6.42 Å². The van der Waals surface area contributed by atoms with E-state index in [1.807, 2.05) is 6.92 Å². The zero-order chi connectivity index (χ0) is 12.1. The van der Waals surface area contributed by atoms with Crippen molar-refractivity contribution in [2.75, 3.05) is 0 Å². The minimum atomic E-state index is -0.304. The Hall–Kier alpha value is -1.38. The second kappa shape index (κ2) is 5.64. The Morgan fingerprint density at radius 1 is 1.56 bits per heavy atom. The Kier molecular flexibility index (Phi) is 4.47. The van der Waals surface area contributed by atoms with Crippen LogP contribution < -0.4 is 0 Å². The summed E-state index contributed by atoms with van der Waals surface area (Å²) < 4.78 is 0. The fourth-order valence-corrected chi connectivity index (χ4v) is 1.91. The van der Waals surface area contributed by atoms with Gasteiger partial charge in [0, 0.05) is 18.4 Å². The maximum atomic E-state index is 11.8. The molecule has 3 heteroatoms. The third-order valence-corrected chi connectivity index (χ3v) is 2.82. The van der Waals surface area contributed by atoms with Gasteiger partial charge in [-0.1, -0.05) is 13.0 Å². The van der Waals surface area contributed by atoms with Gasteiger partial charge in [-0.2, -0.15) is 0 Å². The highest BCUT2D eigenvalue weighted by atomic mass is 16.3. The van der Waals surface area contributed by atoms with Crippen LogP contribution in [0.15, 0.2) is 24.0 Å². The molecule has 0 aromatic rings. The van der Waals surface area contributed by atoms with Gasteiger partial charge in [0.05, 0.1) is 0 Å². The Balaban J connectivity index is 2.69. The molecular formula is C13H18O3. The standard InChI is InChI=1S/C13H18O3/c1-3-5-9(2)8-12(15)10-6-4-7-11(14)13(10)16/h3,9,16H,1,4-8H2,2H3/t9-/m1/s1. The lowest BCUT2D eigenvalue weighted by atomic mass is 9.89. The van der Waals surface area contributed by atoms with Gasteiger partial charge in [0.2, 0.25) is 0 Å². The molecule has 0 unspecified atom stereocenters. The molecule has 0 fully saturated rings. The van der Waals surface area contributed by atoms with E-state index in [-0.39, 0.29) is 23.2 Å². The van der Waals surface area contributed by atoms with Crippen LogP contribution in [-0.4, -0.2) is 16.7 Å². The van der Waals surface area contributed by atoms with Gasteiger partial charge >= 0.3 is 0 Å². The molecule has 1 rings (SSSR count). The SMILES string of the molecule is C=CC[C@@H](C)CC(=O)C1=C(O)C(=O)CCC1. The van der Waals surface area contributed by atoms with Gasteiger partial charge in [0.15, 0.2) is 17.3 Å². The zero-order valence-electron chi connectivity index (χ0n) is 9.66. The first-order valence-electron chi connectivity index (χ1n) is 5.65. The second-order valence-electron chi connectivity index (χ2n) is 4.36. The molecule has 0 amide bonds. The molecule has 0 bridgehead atoms. The molecule has 0 aliphatic heterocycles. The number of hydrogen-bond acceptors (Lipinski definition) is 3. The predicted octanol–water partition coefficient (Wildman–Crippen LogP) is 2.72. The van der Waals surface area contributed by atoms with Crippen LogP contribution in [0.1, 0.15) is 39.0 Å². The summed E-state index contributed by atoms with van der Waals surface area (Å²) in [6.45, 7) is 5.58. The van der Waals surface area contributed by atoms with Crippen molar-refractivity contribution in [2.45, 2.75) is 39.0 Å². The first-order valence-corrected chi connectivity index (χ1v) is 5.65. The fourth-order valence-electron chi connectivity index (χ4n) is 1.91. The maximum Gasteiger partial charge on any atom is 0.197 e. The van der Waals surface area contributed by atoms with Crippen LogP contribution in [0.2, 0.25) is 0 Å². The van der Waals surface area contributed by atoms with Crippen LogP contribution in [-0.2, 0) is 9.59 Å². The average molecular weight is 222 g/mol. The summed E-state index contributed by atoms with van der Waals surface area (Å²) in [4.78, 5) is 23.1. The Morgan fingerprint density at radius 2 is 2.25 bits per heavy atom. The lowest BCUT2D eigenvalue weighted by Gasteiger charge is -2.15. The van der Waals surface area contributed by atoms with Crippen molar-refractivity contribution in [3.63, 3.8) is 0 Å². The summed E-state index contributed by atoms with van der Waals surface area (Å²) in [5.41, 5.74) is 0.326. The molecule has 0 saturated heterocycles. The van der Waals surface area contributed by atoms with Crippen LogP contribution in [0.25, 0.3) is 0 Å². The molecular weight excluding hydrogens is 204 g/mol. The van der Waals surface area contributed by atoms with E-state index in [1.54, 1.807) is 6.08 Å². The van der Waals surface area contributed by atoms with Gasteiger partial charge in [0.25, 0.3) is 0 Å². The molecule has 1 atom stereocenters. The Labute approximate surface area is 95.9 Å². The van der Waals surface area contributed by atoms with Crippen molar-refractivity contribution in [1.29, 1.82) is 0 Å². The Bertz CT molecular complexity index is 339. The quantitative estimate of drug-likeness (QED) is 0.728. The van der Waals surface area contributed by atoms with Crippen molar-refractivity contribution in [2.24, 2.45) is 5.92 Å². The summed E-state index contributed by atoms with van der Waals surface area (Å²) >= 11 is 0. The number of aliphatic hydroxyl groups is 1. The number of Topliss-reactive ketones (excluding diaryl/α,β-unsaturated/α-hetero) is 2. The molecule has 0 spiro atoms. The van der Waals surface area contributed by atoms with Crippen molar-refractivity contribution >= 4 is 11.6 Å². The first-order chi connectivity index (χ1) is 7.56. The molecule has 0 radical (unpaired) electrons. The van der Waals surface area contributed by atoms with Gasteiger partial charge in [-0.25, -0.2) is 0 Å². The summed E-state index contributed by atoms with van der Waals surface area (Å²) in [5, 5.41) is 9.54. The highest BCUT2D eigenvalue weighted by Gasteiger charge is 2.25. The van der Waals surface area contributed by atoms with E-state index >= 15 is 0 Å². The number of aliphatic hydroxyl groups excluding tert-OH is 1. The van der Waals surface area contributed by atoms with E-state index in [1.165, 1.54) is 0 Å². The first kappa shape index (κ1) is 12.7. The lowest BCUT2D eigenvalue weighted by molar-refractivity contribution is -0.121. The normalized spacial score (nSPS) is 18.4. The lowest BCUT2D eigenvalue weighted by Crippen LogP contribution is -2.18. The number of carbonyl (C=O) groups is 2. The highest BCUT2D eigenvalue weighted by molar-refractivity contribution is 6.05. The number of carbonyl (C=O) groups excluding carboxylic acids is 2. The molecule has 0 aromatic carbocycles. The monoisotopic (exact) mass is 222 g/mol. The number of rotatable bonds is 5. The third-order valence-electron chi connectivity index (χ3n) is 2.82.